The summed E-state index contributed by atoms with van der Waals surface area (Å²) in [6.45, 7) is 3.87. The topological polar surface area (TPSA) is 81.2 Å². The molecule has 3 rings (SSSR count). The van der Waals surface area contributed by atoms with Crippen LogP contribution in [0.5, 0.6) is 0 Å². The number of nitrogens with one attached hydrogen (secondary N) is 1. The zero-order valence-electron chi connectivity index (χ0n) is 13.2. The molecule has 0 fully saturated rings. The second-order valence-electron chi connectivity index (χ2n) is 5.75. The Balaban J connectivity index is 1.98. The molecule has 0 bridgehead atoms. The third kappa shape index (κ3) is 2.27. The van der Waals surface area contributed by atoms with Gasteiger partial charge in [0.15, 0.2) is 0 Å². The van der Waals surface area contributed by atoms with E-state index in [1.54, 1.807) is 24.5 Å². The Morgan fingerprint density at radius 1 is 1.30 bits per heavy atom. The Kier molecular flexibility index (Phi) is 3.60. The molecule has 2 aromatic heterocycles. The van der Waals surface area contributed by atoms with E-state index in [4.69, 9.17) is 0 Å². The molecular formula is C17H17N3O3. The molecule has 2 aromatic rings. The minimum atomic E-state index is -0.738. The number of nitrogens with zero attached hydrogens (tertiary/aromatic N) is 2. The molecule has 1 amide bonds. The summed E-state index contributed by atoms with van der Waals surface area (Å²) in [4.78, 5) is 32.4. The van der Waals surface area contributed by atoms with E-state index in [0.717, 1.165) is 11.1 Å². The van der Waals surface area contributed by atoms with E-state index in [-0.39, 0.29) is 17.5 Å². The van der Waals surface area contributed by atoms with Gasteiger partial charge in [-0.3, -0.25) is 4.79 Å². The molecule has 118 valence electrons. The van der Waals surface area contributed by atoms with Crippen molar-refractivity contribution in [2.75, 3.05) is 12.4 Å². The van der Waals surface area contributed by atoms with Gasteiger partial charge in [0.05, 0.1) is 12.5 Å². The predicted molar refractivity (Wildman–Crippen MR) is 84.2 cm³/mol. The van der Waals surface area contributed by atoms with Crippen LogP contribution in [0.2, 0.25) is 0 Å². The third-order valence-electron chi connectivity index (χ3n) is 4.62. The van der Waals surface area contributed by atoms with Crippen molar-refractivity contribution in [3.05, 3.63) is 53.5 Å². The van der Waals surface area contributed by atoms with Crippen LogP contribution in [0.25, 0.3) is 0 Å². The van der Waals surface area contributed by atoms with Crippen LogP contribution in [0, 0.1) is 0 Å². The molecule has 23 heavy (non-hydrogen) atoms. The van der Waals surface area contributed by atoms with Crippen molar-refractivity contribution in [2.45, 2.75) is 25.2 Å². The molecule has 0 radical (unpaired) electrons. The smallest absolute Gasteiger partial charge is 0.356 e. The SMILES string of the molecule is COC(=O)c1ccc(C(C)[C@@]2(C)C(=O)Nc3ncccc32)cn1. The quantitative estimate of drug-likeness (QED) is 0.879. The highest BCUT2D eigenvalue weighted by atomic mass is 16.5. The van der Waals surface area contributed by atoms with Crippen LogP contribution in [-0.4, -0.2) is 29.0 Å². The molecule has 0 spiro atoms. The van der Waals surface area contributed by atoms with Crippen LogP contribution < -0.4 is 5.32 Å². The number of esters is 1. The summed E-state index contributed by atoms with van der Waals surface area (Å²) in [6.07, 6.45) is 3.27. The fourth-order valence-electron chi connectivity index (χ4n) is 2.93. The molecule has 2 atom stereocenters. The summed E-state index contributed by atoms with van der Waals surface area (Å²) in [5.74, 6) is -0.0996. The maximum atomic E-state index is 12.5. The van der Waals surface area contributed by atoms with Gasteiger partial charge in [-0.2, -0.15) is 0 Å². The van der Waals surface area contributed by atoms with E-state index in [2.05, 4.69) is 20.0 Å². The van der Waals surface area contributed by atoms with Crippen LogP contribution >= 0.6 is 0 Å². The summed E-state index contributed by atoms with van der Waals surface area (Å²) in [5.41, 5.74) is 1.24. The molecule has 0 saturated carbocycles. The van der Waals surface area contributed by atoms with Gasteiger partial charge in [0, 0.05) is 23.9 Å². The zero-order valence-corrected chi connectivity index (χ0v) is 13.2. The largest absolute Gasteiger partial charge is 0.464 e. The molecule has 6 nitrogen and oxygen atoms in total. The Hall–Kier alpha value is -2.76. The highest BCUT2D eigenvalue weighted by molar-refractivity contribution is 6.05. The van der Waals surface area contributed by atoms with E-state index < -0.39 is 11.4 Å². The number of fused-ring (bicyclic) bond motifs is 1. The number of methoxy groups -OCH3 is 1. The van der Waals surface area contributed by atoms with Crippen LogP contribution in [0.1, 0.15) is 41.4 Å². The van der Waals surface area contributed by atoms with Crippen molar-refractivity contribution in [1.29, 1.82) is 0 Å². The first-order valence-electron chi connectivity index (χ1n) is 7.29. The average molecular weight is 311 g/mol. The summed E-state index contributed by atoms with van der Waals surface area (Å²) < 4.78 is 4.65. The number of carbonyl (C=O) groups is 2. The Morgan fingerprint density at radius 3 is 2.74 bits per heavy atom. The number of hydrogen-bond donors (Lipinski definition) is 1. The lowest BCUT2D eigenvalue weighted by molar-refractivity contribution is -0.120. The lowest BCUT2D eigenvalue weighted by atomic mass is 9.71. The maximum absolute atomic E-state index is 12.5. The third-order valence-corrected chi connectivity index (χ3v) is 4.62. The minimum absolute atomic E-state index is 0.0873. The van der Waals surface area contributed by atoms with E-state index >= 15 is 0 Å². The van der Waals surface area contributed by atoms with Gasteiger partial charge in [0.25, 0.3) is 0 Å². The second-order valence-corrected chi connectivity index (χ2v) is 5.75. The van der Waals surface area contributed by atoms with Crippen LogP contribution in [-0.2, 0) is 14.9 Å². The number of aromatic nitrogens is 2. The van der Waals surface area contributed by atoms with Crippen molar-refractivity contribution in [2.24, 2.45) is 0 Å². The van der Waals surface area contributed by atoms with Gasteiger partial charge in [0.2, 0.25) is 5.91 Å². The summed E-state index contributed by atoms with van der Waals surface area (Å²) in [6, 6.07) is 7.14. The van der Waals surface area contributed by atoms with Gasteiger partial charge in [-0.1, -0.05) is 19.1 Å². The van der Waals surface area contributed by atoms with E-state index in [9.17, 15) is 9.59 Å². The number of amides is 1. The van der Waals surface area contributed by atoms with Crippen molar-refractivity contribution in [1.82, 2.24) is 9.97 Å². The van der Waals surface area contributed by atoms with Crippen molar-refractivity contribution in [3.8, 4) is 0 Å². The summed E-state index contributed by atoms with van der Waals surface area (Å²) in [5, 5.41) is 2.83. The Morgan fingerprint density at radius 2 is 2.09 bits per heavy atom. The fraction of sp³-hybridized carbons (Fsp3) is 0.294. The fourth-order valence-corrected chi connectivity index (χ4v) is 2.93. The van der Waals surface area contributed by atoms with Crippen molar-refractivity contribution < 1.29 is 14.3 Å². The number of anilines is 1. The van der Waals surface area contributed by atoms with Gasteiger partial charge >= 0.3 is 5.97 Å². The average Bonchev–Trinajstić information content (AvgIpc) is 2.86. The molecule has 1 N–H and O–H groups in total. The maximum Gasteiger partial charge on any atom is 0.356 e. The normalized spacial score (nSPS) is 20.6. The first-order valence-corrected chi connectivity index (χ1v) is 7.29. The number of hydrogen-bond acceptors (Lipinski definition) is 5. The van der Waals surface area contributed by atoms with E-state index in [0.29, 0.717) is 5.82 Å². The summed E-state index contributed by atoms with van der Waals surface area (Å²) in [7, 11) is 1.31. The number of ether oxygens (including phenoxy) is 1. The minimum Gasteiger partial charge on any atom is -0.464 e. The van der Waals surface area contributed by atoms with Gasteiger partial charge in [-0.05, 0) is 24.6 Å². The Labute approximate surface area is 133 Å². The highest BCUT2D eigenvalue weighted by Crippen LogP contribution is 2.45. The number of carbonyl (C=O) groups excluding carboxylic acids is 2. The molecule has 0 aromatic carbocycles. The molecule has 0 aliphatic carbocycles. The molecule has 1 unspecified atom stereocenters. The predicted octanol–water partition coefficient (Wildman–Crippen LogP) is 2.28. The first kappa shape index (κ1) is 15.1. The number of rotatable bonds is 3. The van der Waals surface area contributed by atoms with Crippen LogP contribution in [0.3, 0.4) is 0 Å². The molecular weight excluding hydrogens is 294 g/mol. The molecule has 1 aliphatic rings. The highest BCUT2D eigenvalue weighted by Gasteiger charge is 2.47. The number of pyridine rings is 2. The second kappa shape index (κ2) is 5.46. The Bertz CT molecular complexity index is 773. The van der Waals surface area contributed by atoms with Crippen molar-refractivity contribution >= 4 is 17.7 Å². The lowest BCUT2D eigenvalue weighted by Crippen LogP contribution is -2.36. The summed E-state index contributed by atoms with van der Waals surface area (Å²) >= 11 is 0. The lowest BCUT2D eigenvalue weighted by Gasteiger charge is -2.29. The molecule has 6 heteroatoms. The van der Waals surface area contributed by atoms with E-state index in [1.807, 2.05) is 26.0 Å². The van der Waals surface area contributed by atoms with Gasteiger partial charge in [0.1, 0.15) is 11.5 Å². The van der Waals surface area contributed by atoms with Crippen LogP contribution in [0.4, 0.5) is 5.82 Å². The monoisotopic (exact) mass is 311 g/mol. The van der Waals surface area contributed by atoms with Crippen molar-refractivity contribution in [3.63, 3.8) is 0 Å². The zero-order chi connectivity index (χ0) is 16.6. The van der Waals surface area contributed by atoms with E-state index in [1.165, 1.54) is 7.11 Å². The van der Waals surface area contributed by atoms with Gasteiger partial charge in [-0.25, -0.2) is 14.8 Å². The van der Waals surface area contributed by atoms with Gasteiger partial charge in [-0.15, -0.1) is 0 Å². The molecule has 3 heterocycles. The van der Waals surface area contributed by atoms with Gasteiger partial charge < -0.3 is 10.1 Å². The molecule has 0 saturated heterocycles. The first-order chi connectivity index (χ1) is 11.0. The molecule has 1 aliphatic heterocycles. The van der Waals surface area contributed by atoms with Crippen LogP contribution in [0.15, 0.2) is 36.7 Å². The standard InChI is InChI=1S/C17H17N3O3/c1-10(11-6-7-13(19-9-11)15(21)23-3)17(2)12-5-4-8-18-14(12)20-16(17)22/h4-10H,1-3H3,(H,18,20,22)/t10?,17-/m1/s1.